The van der Waals surface area contributed by atoms with Crippen LogP contribution in [-0.4, -0.2) is 55.6 Å². The number of anilines is 1. The highest BCUT2D eigenvalue weighted by Crippen LogP contribution is 2.23. The molecule has 0 unspecified atom stereocenters. The molecule has 8 heteroatoms. The quantitative estimate of drug-likeness (QED) is 0.912. The van der Waals surface area contributed by atoms with E-state index in [1.165, 1.54) is 4.31 Å². The van der Waals surface area contributed by atoms with Gasteiger partial charge in [0.2, 0.25) is 10.0 Å². The van der Waals surface area contributed by atoms with Crippen LogP contribution in [0.2, 0.25) is 5.02 Å². The average molecular weight is 346 g/mol. The molecule has 0 radical (unpaired) electrons. The van der Waals surface area contributed by atoms with E-state index in [0.717, 1.165) is 5.56 Å². The Morgan fingerprint density at radius 2 is 1.91 bits per heavy atom. The predicted octanol–water partition coefficient (Wildman–Crippen LogP) is 2.15. The van der Waals surface area contributed by atoms with E-state index in [2.05, 4.69) is 5.32 Å². The normalized spacial score (nSPS) is 16.6. The molecule has 2 rings (SSSR count). The summed E-state index contributed by atoms with van der Waals surface area (Å²) in [4.78, 5) is 13.9. The van der Waals surface area contributed by atoms with Crippen LogP contribution in [0.15, 0.2) is 18.2 Å². The number of hydrogen-bond donors (Lipinski definition) is 1. The van der Waals surface area contributed by atoms with Crippen LogP contribution >= 0.6 is 11.6 Å². The van der Waals surface area contributed by atoms with Crippen molar-refractivity contribution in [1.82, 2.24) is 9.21 Å². The second-order valence-electron chi connectivity index (χ2n) is 5.13. The highest BCUT2D eigenvalue weighted by atomic mass is 35.5. The van der Waals surface area contributed by atoms with Crippen molar-refractivity contribution in [2.75, 3.05) is 37.2 Å². The van der Waals surface area contributed by atoms with Crippen LogP contribution in [0.5, 0.6) is 0 Å². The predicted molar refractivity (Wildman–Crippen MR) is 87.8 cm³/mol. The highest BCUT2D eigenvalue weighted by molar-refractivity contribution is 7.89. The number of urea groups is 1. The number of nitrogens with one attached hydrogen (secondary N) is 1. The fourth-order valence-electron chi connectivity index (χ4n) is 2.29. The first-order valence-corrected chi connectivity index (χ1v) is 9.12. The monoisotopic (exact) mass is 345 g/mol. The van der Waals surface area contributed by atoms with Gasteiger partial charge in [0.05, 0.1) is 5.75 Å². The van der Waals surface area contributed by atoms with Crippen LogP contribution in [-0.2, 0) is 10.0 Å². The van der Waals surface area contributed by atoms with Gasteiger partial charge < -0.3 is 10.2 Å². The average Bonchev–Trinajstić information content (AvgIpc) is 2.52. The van der Waals surface area contributed by atoms with Crippen molar-refractivity contribution in [2.24, 2.45) is 0 Å². The Bertz CT molecular complexity index is 655. The Morgan fingerprint density at radius 1 is 1.27 bits per heavy atom. The highest BCUT2D eigenvalue weighted by Gasteiger charge is 2.27. The van der Waals surface area contributed by atoms with Crippen molar-refractivity contribution in [3.8, 4) is 0 Å². The number of carbonyl (C=O) groups is 1. The van der Waals surface area contributed by atoms with Gasteiger partial charge in [0.25, 0.3) is 0 Å². The van der Waals surface area contributed by atoms with Gasteiger partial charge in [-0.2, -0.15) is 4.31 Å². The number of sulfonamides is 1. The summed E-state index contributed by atoms with van der Waals surface area (Å²) < 4.78 is 25.0. The number of halogens is 1. The molecule has 0 atom stereocenters. The minimum Gasteiger partial charge on any atom is -0.322 e. The van der Waals surface area contributed by atoms with E-state index in [0.29, 0.717) is 36.9 Å². The van der Waals surface area contributed by atoms with Crippen LogP contribution in [0, 0.1) is 6.92 Å². The Hall–Kier alpha value is -1.31. The number of carbonyl (C=O) groups excluding carboxylic acids is 1. The van der Waals surface area contributed by atoms with Gasteiger partial charge in [-0.3, -0.25) is 0 Å². The molecular formula is C14H20ClN3O3S. The van der Waals surface area contributed by atoms with Crippen LogP contribution in [0.4, 0.5) is 10.5 Å². The summed E-state index contributed by atoms with van der Waals surface area (Å²) in [6, 6.07) is 5.09. The number of nitrogens with zero attached hydrogens (tertiary/aromatic N) is 2. The van der Waals surface area contributed by atoms with Crippen molar-refractivity contribution in [3.05, 3.63) is 28.8 Å². The molecule has 0 spiro atoms. The van der Waals surface area contributed by atoms with Gasteiger partial charge in [0.1, 0.15) is 0 Å². The Labute approximate surface area is 136 Å². The third-order valence-electron chi connectivity index (χ3n) is 3.79. The van der Waals surface area contributed by atoms with E-state index in [1.54, 1.807) is 30.0 Å². The Kier molecular flexibility index (Phi) is 5.31. The number of amides is 2. The smallest absolute Gasteiger partial charge is 0.321 e. The zero-order valence-electron chi connectivity index (χ0n) is 12.7. The maximum atomic E-state index is 12.3. The fourth-order valence-corrected chi connectivity index (χ4v) is 3.55. The number of piperazine rings is 1. The van der Waals surface area contributed by atoms with Crippen molar-refractivity contribution in [1.29, 1.82) is 0 Å². The van der Waals surface area contributed by atoms with Crippen molar-refractivity contribution < 1.29 is 13.2 Å². The van der Waals surface area contributed by atoms with Crippen LogP contribution in [0.3, 0.4) is 0 Å². The molecule has 0 bridgehead atoms. The van der Waals surface area contributed by atoms with Gasteiger partial charge >= 0.3 is 6.03 Å². The first-order chi connectivity index (χ1) is 10.3. The maximum absolute atomic E-state index is 12.3. The molecular weight excluding hydrogens is 326 g/mol. The van der Waals surface area contributed by atoms with Gasteiger partial charge in [-0.25, -0.2) is 13.2 Å². The van der Waals surface area contributed by atoms with E-state index in [9.17, 15) is 13.2 Å². The third-order valence-corrected chi connectivity index (χ3v) is 6.08. The standard InChI is InChI=1S/C14H20ClN3O3S/c1-3-22(20,21)18-9-7-17(8-10-18)14(19)16-13-6-4-5-12(15)11(13)2/h4-6H,3,7-10H2,1-2H3,(H,16,19). The molecule has 6 nitrogen and oxygen atoms in total. The first-order valence-electron chi connectivity index (χ1n) is 7.14. The maximum Gasteiger partial charge on any atom is 0.321 e. The van der Waals surface area contributed by atoms with Gasteiger partial charge in [-0.15, -0.1) is 0 Å². The minimum absolute atomic E-state index is 0.0842. The second-order valence-corrected chi connectivity index (χ2v) is 7.79. The zero-order chi connectivity index (χ0) is 16.3. The van der Waals surface area contributed by atoms with Gasteiger partial charge in [-0.05, 0) is 31.5 Å². The van der Waals surface area contributed by atoms with Crippen LogP contribution in [0.1, 0.15) is 12.5 Å². The summed E-state index contributed by atoms with van der Waals surface area (Å²) >= 11 is 6.03. The van der Waals surface area contributed by atoms with Crippen molar-refractivity contribution in [3.63, 3.8) is 0 Å². The molecule has 1 aliphatic rings. The van der Waals surface area contributed by atoms with Crippen molar-refractivity contribution in [2.45, 2.75) is 13.8 Å². The fraction of sp³-hybridized carbons (Fsp3) is 0.500. The van der Waals surface area contributed by atoms with E-state index in [-0.39, 0.29) is 11.8 Å². The molecule has 1 N–H and O–H groups in total. The lowest BCUT2D eigenvalue weighted by molar-refractivity contribution is 0.184. The molecule has 22 heavy (non-hydrogen) atoms. The topological polar surface area (TPSA) is 69.7 Å². The molecule has 1 aromatic rings. The number of rotatable bonds is 3. The zero-order valence-corrected chi connectivity index (χ0v) is 14.2. The summed E-state index contributed by atoms with van der Waals surface area (Å²) in [5, 5.41) is 3.42. The lowest BCUT2D eigenvalue weighted by atomic mass is 10.2. The molecule has 2 amide bonds. The SMILES string of the molecule is CCS(=O)(=O)N1CCN(C(=O)Nc2cccc(Cl)c2C)CC1. The summed E-state index contributed by atoms with van der Waals surface area (Å²) in [6.07, 6.45) is 0. The lowest BCUT2D eigenvalue weighted by Gasteiger charge is -2.33. The molecule has 0 saturated carbocycles. The minimum atomic E-state index is -3.18. The molecule has 0 aromatic heterocycles. The van der Waals surface area contributed by atoms with Crippen LogP contribution in [0.25, 0.3) is 0 Å². The molecule has 1 fully saturated rings. The summed E-state index contributed by atoms with van der Waals surface area (Å²) in [7, 11) is -3.18. The Balaban J connectivity index is 1.97. The molecule has 0 aliphatic carbocycles. The largest absolute Gasteiger partial charge is 0.322 e. The van der Waals surface area contributed by atoms with Gasteiger partial charge in [0, 0.05) is 36.9 Å². The summed E-state index contributed by atoms with van der Waals surface area (Å²) in [6.45, 7) is 4.88. The number of benzene rings is 1. The first kappa shape index (κ1) is 17.1. The van der Waals surface area contributed by atoms with Crippen molar-refractivity contribution >= 4 is 33.3 Å². The molecule has 1 heterocycles. The molecule has 1 saturated heterocycles. The summed E-state index contributed by atoms with van der Waals surface area (Å²) in [5.41, 5.74) is 1.48. The van der Waals surface area contributed by atoms with Crippen LogP contribution < -0.4 is 5.32 Å². The van der Waals surface area contributed by atoms with E-state index in [4.69, 9.17) is 11.6 Å². The van der Waals surface area contributed by atoms with Gasteiger partial charge in [-0.1, -0.05) is 17.7 Å². The molecule has 122 valence electrons. The summed E-state index contributed by atoms with van der Waals surface area (Å²) in [5.74, 6) is 0.0842. The second kappa shape index (κ2) is 6.85. The Morgan fingerprint density at radius 3 is 2.50 bits per heavy atom. The van der Waals surface area contributed by atoms with E-state index in [1.807, 2.05) is 6.92 Å². The molecule has 1 aliphatic heterocycles. The molecule has 1 aromatic carbocycles. The van der Waals surface area contributed by atoms with E-state index >= 15 is 0 Å². The number of hydrogen-bond acceptors (Lipinski definition) is 3. The lowest BCUT2D eigenvalue weighted by Crippen LogP contribution is -2.51. The van der Waals surface area contributed by atoms with Gasteiger partial charge in [0.15, 0.2) is 0 Å². The van der Waals surface area contributed by atoms with E-state index < -0.39 is 10.0 Å². The third kappa shape index (κ3) is 3.71.